The van der Waals surface area contributed by atoms with Gasteiger partial charge in [-0.25, -0.2) is 0 Å². The number of rotatable bonds is 9. The summed E-state index contributed by atoms with van der Waals surface area (Å²) in [6, 6.07) is 10.8. The molecule has 0 fully saturated rings. The van der Waals surface area contributed by atoms with E-state index < -0.39 is 0 Å². The normalized spacial score (nSPS) is 10.8. The van der Waals surface area contributed by atoms with Gasteiger partial charge < -0.3 is 18.9 Å². The van der Waals surface area contributed by atoms with Crippen molar-refractivity contribution in [3.8, 4) is 17.2 Å². The predicted molar refractivity (Wildman–Crippen MR) is 101 cm³/mol. The first-order valence-electron chi connectivity index (χ1n) is 8.32. The van der Waals surface area contributed by atoms with Crippen LogP contribution in [0.25, 0.3) is 6.08 Å². The summed E-state index contributed by atoms with van der Waals surface area (Å²) in [7, 11) is 4.73. The molecule has 0 aliphatic carbocycles. The van der Waals surface area contributed by atoms with Crippen molar-refractivity contribution in [1.82, 2.24) is 0 Å². The molecule has 0 saturated heterocycles. The fourth-order valence-corrected chi connectivity index (χ4v) is 2.48. The summed E-state index contributed by atoms with van der Waals surface area (Å²) in [5, 5.41) is 0. The molecule has 2 aromatic rings. The van der Waals surface area contributed by atoms with Crippen molar-refractivity contribution in [3.05, 3.63) is 59.2 Å². The maximum absolute atomic E-state index is 12.4. The monoisotopic (exact) mass is 356 g/mol. The van der Waals surface area contributed by atoms with E-state index in [1.54, 1.807) is 45.6 Å². The standard InChI is InChI=1S/C21H24O5/c1-5-26-14-17-12-15(7-10-19(17)23-2)6-9-18(22)16-8-11-20(24-3)21(13-16)25-4/h6-13H,5,14H2,1-4H3/b9-6+. The second-order valence-corrected chi connectivity index (χ2v) is 5.48. The molecule has 0 spiro atoms. The van der Waals surface area contributed by atoms with Gasteiger partial charge in [0.15, 0.2) is 17.3 Å². The minimum Gasteiger partial charge on any atom is -0.496 e. The van der Waals surface area contributed by atoms with Crippen molar-refractivity contribution < 1.29 is 23.7 Å². The van der Waals surface area contributed by atoms with E-state index in [1.165, 1.54) is 6.08 Å². The molecular weight excluding hydrogens is 332 g/mol. The topological polar surface area (TPSA) is 54.0 Å². The van der Waals surface area contributed by atoms with Gasteiger partial charge >= 0.3 is 0 Å². The van der Waals surface area contributed by atoms with Gasteiger partial charge in [0.25, 0.3) is 0 Å². The molecule has 0 aliphatic rings. The average molecular weight is 356 g/mol. The number of carbonyl (C=O) groups excluding carboxylic acids is 1. The summed E-state index contributed by atoms with van der Waals surface area (Å²) in [4.78, 5) is 12.4. The van der Waals surface area contributed by atoms with E-state index in [4.69, 9.17) is 18.9 Å². The van der Waals surface area contributed by atoms with Crippen molar-refractivity contribution in [1.29, 1.82) is 0 Å². The van der Waals surface area contributed by atoms with E-state index in [9.17, 15) is 4.79 Å². The molecule has 0 bridgehead atoms. The van der Waals surface area contributed by atoms with Gasteiger partial charge in [-0.2, -0.15) is 0 Å². The number of hydrogen-bond donors (Lipinski definition) is 0. The number of methoxy groups -OCH3 is 3. The zero-order chi connectivity index (χ0) is 18.9. The molecule has 0 N–H and O–H groups in total. The summed E-state index contributed by atoms with van der Waals surface area (Å²) in [6.07, 6.45) is 3.31. The second kappa shape index (κ2) is 9.63. The predicted octanol–water partition coefficient (Wildman–Crippen LogP) is 4.15. The molecule has 0 radical (unpaired) electrons. The third-order valence-electron chi connectivity index (χ3n) is 3.86. The van der Waals surface area contributed by atoms with Crippen LogP contribution in [0.3, 0.4) is 0 Å². The van der Waals surface area contributed by atoms with Gasteiger partial charge in [-0.05, 0) is 48.9 Å². The molecule has 0 aliphatic heterocycles. The first-order valence-corrected chi connectivity index (χ1v) is 8.32. The quantitative estimate of drug-likeness (QED) is 0.499. The fourth-order valence-electron chi connectivity index (χ4n) is 2.48. The Balaban J connectivity index is 2.19. The minimum absolute atomic E-state index is 0.117. The summed E-state index contributed by atoms with van der Waals surface area (Å²) in [5.74, 6) is 1.76. The molecular formula is C21H24O5. The maximum Gasteiger partial charge on any atom is 0.185 e. The second-order valence-electron chi connectivity index (χ2n) is 5.48. The van der Waals surface area contributed by atoms with Crippen LogP contribution >= 0.6 is 0 Å². The Labute approximate surface area is 154 Å². The van der Waals surface area contributed by atoms with Gasteiger partial charge in [-0.3, -0.25) is 4.79 Å². The molecule has 138 valence electrons. The van der Waals surface area contributed by atoms with Crippen molar-refractivity contribution in [3.63, 3.8) is 0 Å². The van der Waals surface area contributed by atoms with Crippen LogP contribution in [-0.2, 0) is 11.3 Å². The van der Waals surface area contributed by atoms with Crippen LogP contribution in [0, 0.1) is 0 Å². The van der Waals surface area contributed by atoms with Gasteiger partial charge in [0.05, 0.1) is 27.9 Å². The zero-order valence-corrected chi connectivity index (χ0v) is 15.6. The largest absolute Gasteiger partial charge is 0.496 e. The molecule has 0 atom stereocenters. The maximum atomic E-state index is 12.4. The lowest BCUT2D eigenvalue weighted by Gasteiger charge is -2.09. The van der Waals surface area contributed by atoms with Crippen molar-refractivity contribution in [2.75, 3.05) is 27.9 Å². The van der Waals surface area contributed by atoms with Crippen LogP contribution in [0.1, 0.15) is 28.4 Å². The van der Waals surface area contributed by atoms with Crippen molar-refractivity contribution in [2.24, 2.45) is 0 Å². The Hall–Kier alpha value is -2.79. The summed E-state index contributed by atoms with van der Waals surface area (Å²) < 4.78 is 21.2. The lowest BCUT2D eigenvalue weighted by atomic mass is 10.1. The summed E-state index contributed by atoms with van der Waals surface area (Å²) >= 11 is 0. The summed E-state index contributed by atoms with van der Waals surface area (Å²) in [6.45, 7) is 3.03. The van der Waals surface area contributed by atoms with Crippen LogP contribution in [0.5, 0.6) is 17.2 Å². The van der Waals surface area contributed by atoms with Crippen LogP contribution in [-0.4, -0.2) is 33.7 Å². The molecule has 0 saturated carbocycles. The van der Waals surface area contributed by atoms with E-state index in [-0.39, 0.29) is 5.78 Å². The van der Waals surface area contributed by atoms with E-state index in [0.717, 1.165) is 16.9 Å². The van der Waals surface area contributed by atoms with Gasteiger partial charge in [0.2, 0.25) is 0 Å². The van der Waals surface area contributed by atoms with Crippen LogP contribution in [0.15, 0.2) is 42.5 Å². The Morgan fingerprint density at radius 3 is 2.27 bits per heavy atom. The number of carbonyl (C=O) groups is 1. The lowest BCUT2D eigenvalue weighted by molar-refractivity contribution is 0.104. The van der Waals surface area contributed by atoms with E-state index in [0.29, 0.717) is 30.3 Å². The Bertz CT molecular complexity index is 780. The molecule has 5 nitrogen and oxygen atoms in total. The molecule has 2 rings (SSSR count). The van der Waals surface area contributed by atoms with Crippen LogP contribution in [0.2, 0.25) is 0 Å². The van der Waals surface area contributed by atoms with E-state index >= 15 is 0 Å². The highest BCUT2D eigenvalue weighted by molar-refractivity contribution is 6.07. The molecule has 0 heterocycles. The SMILES string of the molecule is CCOCc1cc(/C=C/C(=O)c2ccc(OC)c(OC)c2)ccc1OC. The summed E-state index contributed by atoms with van der Waals surface area (Å²) in [5.41, 5.74) is 2.37. The number of ketones is 1. The molecule has 0 aromatic heterocycles. The molecule has 2 aromatic carbocycles. The molecule has 5 heteroatoms. The fraction of sp³-hybridized carbons (Fsp3) is 0.286. The molecule has 0 amide bonds. The first-order chi connectivity index (χ1) is 12.6. The average Bonchev–Trinajstić information content (AvgIpc) is 2.69. The van der Waals surface area contributed by atoms with Gasteiger partial charge in [-0.15, -0.1) is 0 Å². The van der Waals surface area contributed by atoms with Gasteiger partial charge in [0, 0.05) is 17.7 Å². The number of benzene rings is 2. The van der Waals surface area contributed by atoms with Crippen LogP contribution in [0.4, 0.5) is 0 Å². The highest BCUT2D eigenvalue weighted by atomic mass is 16.5. The third-order valence-corrected chi connectivity index (χ3v) is 3.86. The Morgan fingerprint density at radius 1 is 0.923 bits per heavy atom. The van der Waals surface area contributed by atoms with Crippen molar-refractivity contribution >= 4 is 11.9 Å². The van der Waals surface area contributed by atoms with Gasteiger partial charge in [-0.1, -0.05) is 12.1 Å². The smallest absolute Gasteiger partial charge is 0.185 e. The van der Waals surface area contributed by atoms with Crippen LogP contribution < -0.4 is 14.2 Å². The van der Waals surface area contributed by atoms with E-state index in [1.807, 2.05) is 25.1 Å². The lowest BCUT2D eigenvalue weighted by Crippen LogP contribution is -1.98. The first kappa shape index (κ1) is 19.5. The zero-order valence-electron chi connectivity index (χ0n) is 15.6. The highest BCUT2D eigenvalue weighted by Gasteiger charge is 2.09. The highest BCUT2D eigenvalue weighted by Crippen LogP contribution is 2.28. The number of ether oxygens (including phenoxy) is 4. The third kappa shape index (κ3) is 4.86. The van der Waals surface area contributed by atoms with Gasteiger partial charge in [0.1, 0.15) is 5.75 Å². The molecule has 0 unspecified atom stereocenters. The van der Waals surface area contributed by atoms with Crippen molar-refractivity contribution in [2.45, 2.75) is 13.5 Å². The Kier molecular flexibility index (Phi) is 7.24. The Morgan fingerprint density at radius 2 is 1.62 bits per heavy atom. The van der Waals surface area contributed by atoms with E-state index in [2.05, 4.69) is 0 Å². The number of allylic oxidation sites excluding steroid dienone is 1. The molecule has 26 heavy (non-hydrogen) atoms. The number of hydrogen-bond acceptors (Lipinski definition) is 5. The minimum atomic E-state index is -0.117.